The Hall–Kier alpha value is -1.55. The van der Waals surface area contributed by atoms with Crippen LogP contribution < -0.4 is 10.1 Å². The number of hydrogen-bond acceptors (Lipinski definition) is 3. The van der Waals surface area contributed by atoms with E-state index >= 15 is 0 Å². The van der Waals surface area contributed by atoms with Gasteiger partial charge in [0.15, 0.2) is 0 Å². The van der Waals surface area contributed by atoms with Crippen LogP contribution in [-0.2, 0) is 0 Å². The molecule has 0 aliphatic rings. The predicted molar refractivity (Wildman–Crippen MR) is 77.1 cm³/mol. The molecular formula is C14H15BrN2O. The number of nitrogens with zero attached hydrogens (tertiary/aromatic N) is 1. The molecule has 0 radical (unpaired) electrons. The molecule has 3 nitrogen and oxygen atoms in total. The third kappa shape index (κ3) is 3.74. The molecule has 4 heteroatoms. The molecule has 0 aliphatic heterocycles. The first-order valence-corrected chi connectivity index (χ1v) is 6.59. The Morgan fingerprint density at radius 3 is 2.94 bits per heavy atom. The fourth-order valence-electron chi connectivity index (χ4n) is 1.58. The summed E-state index contributed by atoms with van der Waals surface area (Å²) in [6.07, 6.45) is 1.77. The lowest BCUT2D eigenvalue weighted by Crippen LogP contribution is -2.12. The Kier molecular flexibility index (Phi) is 4.59. The number of aryl methyl sites for hydroxylation is 1. The average molecular weight is 307 g/mol. The summed E-state index contributed by atoms with van der Waals surface area (Å²) in [6, 6.07) is 11.9. The van der Waals surface area contributed by atoms with Gasteiger partial charge in [0, 0.05) is 22.9 Å². The number of anilines is 1. The number of halogens is 1. The fourth-order valence-corrected chi connectivity index (χ4v) is 1.98. The van der Waals surface area contributed by atoms with Gasteiger partial charge in [-0.3, -0.25) is 4.98 Å². The first-order chi connectivity index (χ1) is 8.75. The van der Waals surface area contributed by atoms with Gasteiger partial charge in [0.2, 0.25) is 0 Å². The number of aromatic nitrogens is 1. The Bertz CT molecular complexity index is 517. The van der Waals surface area contributed by atoms with Crippen molar-refractivity contribution in [2.45, 2.75) is 6.92 Å². The second-order valence-electron chi connectivity index (χ2n) is 3.87. The van der Waals surface area contributed by atoms with Crippen LogP contribution in [-0.4, -0.2) is 18.1 Å². The Morgan fingerprint density at radius 1 is 1.28 bits per heavy atom. The molecule has 18 heavy (non-hydrogen) atoms. The molecule has 0 fully saturated rings. The van der Waals surface area contributed by atoms with Gasteiger partial charge in [0.25, 0.3) is 0 Å². The van der Waals surface area contributed by atoms with Crippen molar-refractivity contribution >= 4 is 21.6 Å². The first-order valence-electron chi connectivity index (χ1n) is 5.79. The smallest absolute Gasteiger partial charge is 0.140 e. The normalized spacial score (nSPS) is 10.1. The molecule has 0 atom stereocenters. The van der Waals surface area contributed by atoms with Crippen molar-refractivity contribution in [1.29, 1.82) is 0 Å². The second-order valence-corrected chi connectivity index (χ2v) is 4.79. The topological polar surface area (TPSA) is 34.1 Å². The maximum atomic E-state index is 5.65. The van der Waals surface area contributed by atoms with Crippen molar-refractivity contribution in [3.63, 3.8) is 0 Å². The maximum absolute atomic E-state index is 5.65. The molecule has 0 amide bonds. The summed E-state index contributed by atoms with van der Waals surface area (Å²) in [4.78, 5) is 4.18. The monoisotopic (exact) mass is 306 g/mol. The highest BCUT2D eigenvalue weighted by molar-refractivity contribution is 9.10. The van der Waals surface area contributed by atoms with Crippen LogP contribution >= 0.6 is 15.9 Å². The van der Waals surface area contributed by atoms with Crippen molar-refractivity contribution in [3.8, 4) is 5.75 Å². The molecule has 0 saturated carbocycles. The highest BCUT2D eigenvalue weighted by Gasteiger charge is 1.98. The minimum absolute atomic E-state index is 0.610. The van der Waals surface area contributed by atoms with Crippen molar-refractivity contribution in [2.24, 2.45) is 0 Å². The van der Waals surface area contributed by atoms with E-state index in [1.807, 2.05) is 43.3 Å². The summed E-state index contributed by atoms with van der Waals surface area (Å²) < 4.78 is 6.72. The zero-order valence-electron chi connectivity index (χ0n) is 10.2. The number of pyridine rings is 1. The molecule has 1 N–H and O–H groups in total. The highest BCUT2D eigenvalue weighted by atomic mass is 79.9. The lowest BCUT2D eigenvalue weighted by Gasteiger charge is -2.10. The maximum Gasteiger partial charge on any atom is 0.140 e. The Morgan fingerprint density at radius 2 is 2.17 bits per heavy atom. The number of benzene rings is 1. The van der Waals surface area contributed by atoms with Crippen molar-refractivity contribution in [3.05, 3.63) is 52.8 Å². The molecule has 0 aliphatic carbocycles. The summed E-state index contributed by atoms with van der Waals surface area (Å²) in [6.45, 7) is 3.31. The lowest BCUT2D eigenvalue weighted by atomic mass is 10.3. The van der Waals surface area contributed by atoms with Crippen LogP contribution in [0.2, 0.25) is 0 Å². The molecule has 94 valence electrons. The van der Waals surface area contributed by atoms with E-state index in [2.05, 4.69) is 26.2 Å². The molecule has 1 aromatic carbocycles. The Labute approximate surface area is 115 Å². The number of hydrogen-bond donors (Lipinski definition) is 1. The van der Waals surface area contributed by atoms with Gasteiger partial charge in [0.1, 0.15) is 12.4 Å². The van der Waals surface area contributed by atoms with E-state index in [-0.39, 0.29) is 0 Å². The van der Waals surface area contributed by atoms with Gasteiger partial charge in [-0.05, 0) is 37.3 Å². The van der Waals surface area contributed by atoms with E-state index in [9.17, 15) is 0 Å². The van der Waals surface area contributed by atoms with Gasteiger partial charge in [-0.2, -0.15) is 0 Å². The van der Waals surface area contributed by atoms with Crippen molar-refractivity contribution in [2.75, 3.05) is 18.5 Å². The van der Waals surface area contributed by atoms with Crippen LogP contribution in [0.1, 0.15) is 5.69 Å². The summed E-state index contributed by atoms with van der Waals surface area (Å²) in [5.41, 5.74) is 2.00. The van der Waals surface area contributed by atoms with Gasteiger partial charge >= 0.3 is 0 Å². The number of rotatable bonds is 5. The molecule has 1 heterocycles. The Balaban J connectivity index is 1.78. The predicted octanol–water partition coefficient (Wildman–Crippen LogP) is 3.64. The SMILES string of the molecule is Cc1ncccc1OCCNc1cccc(Br)c1. The minimum Gasteiger partial charge on any atom is -0.490 e. The minimum atomic E-state index is 0.610. The summed E-state index contributed by atoms with van der Waals surface area (Å²) in [5, 5.41) is 3.30. The number of nitrogens with one attached hydrogen (secondary N) is 1. The summed E-state index contributed by atoms with van der Waals surface area (Å²) >= 11 is 3.44. The zero-order valence-corrected chi connectivity index (χ0v) is 11.8. The molecule has 2 rings (SSSR count). The van der Waals surface area contributed by atoms with E-state index in [4.69, 9.17) is 4.74 Å². The van der Waals surface area contributed by atoms with E-state index < -0.39 is 0 Å². The van der Waals surface area contributed by atoms with Gasteiger partial charge in [0.05, 0.1) is 5.69 Å². The van der Waals surface area contributed by atoms with Crippen LogP contribution in [0.3, 0.4) is 0 Å². The molecule has 2 aromatic rings. The summed E-state index contributed by atoms with van der Waals surface area (Å²) in [7, 11) is 0. The second kappa shape index (κ2) is 6.40. The average Bonchev–Trinajstić information content (AvgIpc) is 2.37. The van der Waals surface area contributed by atoms with E-state index in [1.54, 1.807) is 6.20 Å². The van der Waals surface area contributed by atoms with E-state index in [1.165, 1.54) is 0 Å². The van der Waals surface area contributed by atoms with Crippen LogP contribution in [0.5, 0.6) is 5.75 Å². The first kappa shape index (κ1) is 12.9. The standard InChI is InChI=1S/C14H15BrN2O/c1-11-14(6-3-7-16-11)18-9-8-17-13-5-2-4-12(15)10-13/h2-7,10,17H,8-9H2,1H3. The van der Waals surface area contributed by atoms with Gasteiger partial charge in [-0.15, -0.1) is 0 Å². The molecule has 0 saturated heterocycles. The van der Waals surface area contributed by atoms with Crippen LogP contribution in [0, 0.1) is 6.92 Å². The fraction of sp³-hybridized carbons (Fsp3) is 0.214. The van der Waals surface area contributed by atoms with Crippen LogP contribution in [0.4, 0.5) is 5.69 Å². The third-order valence-corrected chi connectivity index (χ3v) is 2.97. The third-order valence-electron chi connectivity index (χ3n) is 2.47. The van der Waals surface area contributed by atoms with E-state index in [0.717, 1.165) is 28.1 Å². The van der Waals surface area contributed by atoms with Crippen LogP contribution in [0.25, 0.3) is 0 Å². The van der Waals surface area contributed by atoms with E-state index in [0.29, 0.717) is 6.61 Å². The lowest BCUT2D eigenvalue weighted by molar-refractivity contribution is 0.329. The molecule has 0 bridgehead atoms. The van der Waals surface area contributed by atoms with Gasteiger partial charge < -0.3 is 10.1 Å². The highest BCUT2D eigenvalue weighted by Crippen LogP contribution is 2.16. The van der Waals surface area contributed by atoms with Gasteiger partial charge in [-0.25, -0.2) is 0 Å². The van der Waals surface area contributed by atoms with Crippen molar-refractivity contribution in [1.82, 2.24) is 4.98 Å². The molecule has 1 aromatic heterocycles. The van der Waals surface area contributed by atoms with Gasteiger partial charge in [-0.1, -0.05) is 22.0 Å². The zero-order chi connectivity index (χ0) is 12.8. The molecule has 0 unspecified atom stereocenters. The number of ether oxygens (including phenoxy) is 1. The van der Waals surface area contributed by atoms with Crippen molar-refractivity contribution < 1.29 is 4.74 Å². The summed E-state index contributed by atoms with van der Waals surface area (Å²) in [5.74, 6) is 0.841. The molecule has 0 spiro atoms. The van der Waals surface area contributed by atoms with Crippen LogP contribution in [0.15, 0.2) is 47.1 Å². The largest absolute Gasteiger partial charge is 0.490 e. The quantitative estimate of drug-likeness (QED) is 0.856. The molecular weight excluding hydrogens is 292 g/mol.